The second kappa shape index (κ2) is 6.35. The van der Waals surface area contributed by atoms with Crippen LogP contribution in [0.1, 0.15) is 0 Å². The molecule has 0 unspecified atom stereocenters. The minimum atomic E-state index is -1.79. The number of fused-ring (bicyclic) bond motifs is 1. The van der Waals surface area contributed by atoms with Crippen LogP contribution in [0.25, 0.3) is 33.4 Å². The van der Waals surface area contributed by atoms with Gasteiger partial charge < -0.3 is 0 Å². The zero-order chi connectivity index (χ0) is 17.4. The van der Waals surface area contributed by atoms with Crippen LogP contribution in [0.5, 0.6) is 0 Å². The normalized spacial score (nSPS) is 11.8. The molecule has 0 N–H and O–H groups in total. The summed E-state index contributed by atoms with van der Waals surface area (Å²) in [7, 11) is 0. The van der Waals surface area contributed by atoms with Crippen molar-refractivity contribution in [1.29, 1.82) is 0 Å². The molecular weight excluding hydrogens is 387 g/mol. The Hall–Kier alpha value is -2.05. The molecule has 2 aromatic heterocycles. The van der Waals surface area contributed by atoms with Crippen molar-refractivity contribution >= 4 is 39.9 Å². The molecule has 5 heteroatoms. The van der Waals surface area contributed by atoms with E-state index in [9.17, 15) is 0 Å². The van der Waals surface area contributed by atoms with Crippen LogP contribution < -0.4 is 4.40 Å². The van der Waals surface area contributed by atoms with E-state index in [1.807, 2.05) is 5.51 Å². The van der Waals surface area contributed by atoms with Crippen molar-refractivity contribution in [3.8, 4) is 22.5 Å². The van der Waals surface area contributed by atoms with Crippen molar-refractivity contribution < 1.29 is 0 Å². The Morgan fingerprint density at radius 2 is 1.60 bits per heavy atom. The van der Waals surface area contributed by atoms with Crippen LogP contribution in [0.15, 0.2) is 59.7 Å². The standard InChI is InChI=1S/C20H19GeN3S/c1-21(2,3)16-7-4-14(5-8-16)20-17-9-6-15(19-11-25-13-24-19)10-18(17)22-12-23-20/h4-13H,1-3H3. The molecule has 0 spiro atoms. The molecule has 0 saturated carbocycles. The number of thiazole rings is 1. The van der Waals surface area contributed by atoms with E-state index >= 15 is 0 Å². The SMILES string of the molecule is [CH3][Ge]([CH3])([CH3])[c]1ccc(-c2ncnc3cc(-c4cscn4)ccc23)cc1. The number of hydrogen-bond donors (Lipinski definition) is 0. The van der Waals surface area contributed by atoms with Crippen molar-refractivity contribution in [2.45, 2.75) is 17.3 Å². The third-order valence-corrected chi connectivity index (χ3v) is 9.31. The van der Waals surface area contributed by atoms with E-state index in [1.165, 1.54) is 4.40 Å². The topological polar surface area (TPSA) is 38.7 Å². The van der Waals surface area contributed by atoms with Gasteiger partial charge >= 0.3 is 154 Å². The second-order valence-electron chi connectivity index (χ2n) is 7.16. The van der Waals surface area contributed by atoms with Gasteiger partial charge in [-0.25, -0.2) is 0 Å². The summed E-state index contributed by atoms with van der Waals surface area (Å²) in [6.07, 6.45) is 1.65. The number of aromatic nitrogens is 3. The molecule has 2 aromatic carbocycles. The Morgan fingerprint density at radius 3 is 2.28 bits per heavy atom. The monoisotopic (exact) mass is 407 g/mol. The third-order valence-electron chi connectivity index (χ3n) is 4.39. The van der Waals surface area contributed by atoms with Gasteiger partial charge in [0.2, 0.25) is 0 Å². The summed E-state index contributed by atoms with van der Waals surface area (Å²) in [4.78, 5) is 13.4. The van der Waals surface area contributed by atoms with Gasteiger partial charge in [-0.15, -0.1) is 0 Å². The number of nitrogens with zero attached hydrogens (tertiary/aromatic N) is 3. The quantitative estimate of drug-likeness (QED) is 0.452. The van der Waals surface area contributed by atoms with Crippen molar-refractivity contribution in [2.75, 3.05) is 0 Å². The van der Waals surface area contributed by atoms with E-state index in [-0.39, 0.29) is 0 Å². The molecule has 4 rings (SSSR count). The molecule has 0 fully saturated rings. The Bertz CT molecular complexity index is 1020. The van der Waals surface area contributed by atoms with Crippen LogP contribution in [0, 0.1) is 0 Å². The molecule has 0 amide bonds. The van der Waals surface area contributed by atoms with E-state index in [1.54, 1.807) is 17.7 Å². The molecule has 25 heavy (non-hydrogen) atoms. The van der Waals surface area contributed by atoms with Gasteiger partial charge in [-0.3, -0.25) is 0 Å². The predicted octanol–water partition coefficient (Wildman–Crippen LogP) is 4.97. The van der Waals surface area contributed by atoms with Gasteiger partial charge in [0.05, 0.1) is 0 Å². The summed E-state index contributed by atoms with van der Waals surface area (Å²) in [6, 6.07) is 15.2. The molecule has 0 bridgehead atoms. The molecule has 3 nitrogen and oxygen atoms in total. The van der Waals surface area contributed by atoms with E-state index in [0.717, 1.165) is 33.4 Å². The summed E-state index contributed by atoms with van der Waals surface area (Å²) in [5.41, 5.74) is 7.02. The fourth-order valence-corrected chi connectivity index (χ4v) is 5.94. The Balaban J connectivity index is 1.80. The first-order valence-electron chi connectivity index (χ1n) is 8.26. The molecule has 2 heterocycles. The van der Waals surface area contributed by atoms with Crippen LogP contribution in [0.3, 0.4) is 0 Å². The van der Waals surface area contributed by atoms with Gasteiger partial charge in [-0.1, -0.05) is 0 Å². The van der Waals surface area contributed by atoms with Gasteiger partial charge in [0.25, 0.3) is 0 Å². The number of benzene rings is 2. The van der Waals surface area contributed by atoms with Crippen LogP contribution >= 0.6 is 11.3 Å². The molecule has 0 aliphatic rings. The average molecular weight is 406 g/mol. The molecule has 0 saturated heterocycles. The van der Waals surface area contributed by atoms with Crippen molar-refractivity contribution in [3.05, 3.63) is 59.7 Å². The van der Waals surface area contributed by atoms with Gasteiger partial charge in [-0.05, 0) is 0 Å². The number of hydrogen-bond acceptors (Lipinski definition) is 4. The molecular formula is C20H19GeN3S. The van der Waals surface area contributed by atoms with E-state index < -0.39 is 13.3 Å². The van der Waals surface area contributed by atoms with E-state index in [2.05, 4.69) is 80.1 Å². The average Bonchev–Trinajstić information content (AvgIpc) is 3.15. The molecule has 0 aliphatic heterocycles. The fraction of sp³-hybridized carbons (Fsp3) is 0.150. The summed E-state index contributed by atoms with van der Waals surface area (Å²) < 4.78 is 1.51. The van der Waals surface area contributed by atoms with Crippen LogP contribution in [-0.2, 0) is 0 Å². The van der Waals surface area contributed by atoms with Crippen molar-refractivity contribution in [3.63, 3.8) is 0 Å². The Morgan fingerprint density at radius 1 is 0.840 bits per heavy atom. The first kappa shape index (κ1) is 16.4. The van der Waals surface area contributed by atoms with Gasteiger partial charge in [0.1, 0.15) is 0 Å². The van der Waals surface area contributed by atoms with E-state index in [4.69, 9.17) is 0 Å². The van der Waals surface area contributed by atoms with Gasteiger partial charge in [0.15, 0.2) is 0 Å². The third kappa shape index (κ3) is 3.24. The fourth-order valence-electron chi connectivity index (χ4n) is 2.93. The zero-order valence-electron chi connectivity index (χ0n) is 14.5. The minimum absolute atomic E-state index is 0.952. The molecule has 0 atom stereocenters. The summed E-state index contributed by atoms with van der Waals surface area (Å²) >= 11 is -0.187. The predicted molar refractivity (Wildman–Crippen MR) is 109 cm³/mol. The van der Waals surface area contributed by atoms with Crippen molar-refractivity contribution in [1.82, 2.24) is 15.0 Å². The van der Waals surface area contributed by atoms with Gasteiger partial charge in [-0.2, -0.15) is 0 Å². The van der Waals surface area contributed by atoms with Crippen LogP contribution in [0.4, 0.5) is 0 Å². The summed E-state index contributed by atoms with van der Waals surface area (Å²) in [6.45, 7) is 0. The molecule has 0 radical (unpaired) electrons. The number of rotatable bonds is 3. The molecule has 4 aromatic rings. The first-order chi connectivity index (χ1) is 12.0. The molecule has 0 aliphatic carbocycles. The zero-order valence-corrected chi connectivity index (χ0v) is 17.4. The van der Waals surface area contributed by atoms with Gasteiger partial charge in [0, 0.05) is 0 Å². The molecule has 124 valence electrons. The maximum atomic E-state index is 4.55. The maximum absolute atomic E-state index is 4.55. The second-order valence-corrected chi connectivity index (χ2v) is 18.5. The van der Waals surface area contributed by atoms with Crippen LogP contribution in [-0.4, -0.2) is 28.2 Å². The summed E-state index contributed by atoms with van der Waals surface area (Å²) in [5.74, 6) is 7.24. The van der Waals surface area contributed by atoms with Crippen molar-refractivity contribution in [2.24, 2.45) is 0 Å². The van der Waals surface area contributed by atoms with Crippen LogP contribution in [0.2, 0.25) is 17.3 Å². The van der Waals surface area contributed by atoms with E-state index in [0.29, 0.717) is 0 Å². The Kier molecular flexibility index (Phi) is 4.17. The summed E-state index contributed by atoms with van der Waals surface area (Å²) in [5, 5.41) is 3.13. The Labute approximate surface area is 154 Å². The first-order valence-corrected chi connectivity index (χ1v) is 16.6.